The first kappa shape index (κ1) is 16.8. The van der Waals surface area contributed by atoms with Gasteiger partial charge in [0, 0.05) is 5.92 Å². The van der Waals surface area contributed by atoms with Gasteiger partial charge in [-0.3, -0.25) is 0 Å². The normalized spacial score (nSPS) is 13.1. The van der Waals surface area contributed by atoms with Crippen LogP contribution in [-0.4, -0.2) is 13.2 Å². The van der Waals surface area contributed by atoms with Crippen molar-refractivity contribution in [3.8, 4) is 0 Å². The summed E-state index contributed by atoms with van der Waals surface area (Å²) < 4.78 is 5.85. The fourth-order valence-electron chi connectivity index (χ4n) is 2.50. The van der Waals surface area contributed by atoms with E-state index in [0.717, 1.165) is 19.6 Å². The highest BCUT2D eigenvalue weighted by atomic mass is 16.5. The first-order valence-corrected chi connectivity index (χ1v) is 8.19. The third-order valence-corrected chi connectivity index (χ3v) is 4.09. The van der Waals surface area contributed by atoms with E-state index in [1.165, 1.54) is 16.7 Å². The Balaban J connectivity index is 1.78. The molecule has 0 N–H and O–H groups in total. The minimum atomic E-state index is 0.216. The predicted molar refractivity (Wildman–Crippen MR) is 94.5 cm³/mol. The lowest BCUT2D eigenvalue weighted by molar-refractivity contribution is 0.126. The molecule has 0 radical (unpaired) electrons. The highest BCUT2D eigenvalue weighted by Crippen LogP contribution is 2.24. The smallest absolute Gasteiger partial charge is 0.0532 e. The standard InChI is InChI=1S/C21H28O/c1-17(16-22-15-14-18-8-6-5-7-9-18)19-10-12-20(13-11-19)21(2,3)4/h5-13,17H,14-16H2,1-4H3. The van der Waals surface area contributed by atoms with Crippen molar-refractivity contribution >= 4 is 0 Å². The predicted octanol–water partition coefficient (Wildman–Crippen LogP) is 5.35. The van der Waals surface area contributed by atoms with Crippen molar-refractivity contribution < 1.29 is 4.74 Å². The van der Waals surface area contributed by atoms with Crippen LogP contribution in [0.25, 0.3) is 0 Å². The van der Waals surface area contributed by atoms with Crippen LogP contribution in [0.3, 0.4) is 0 Å². The van der Waals surface area contributed by atoms with Crippen LogP contribution < -0.4 is 0 Å². The van der Waals surface area contributed by atoms with Crippen LogP contribution in [0.15, 0.2) is 54.6 Å². The number of hydrogen-bond donors (Lipinski definition) is 0. The topological polar surface area (TPSA) is 9.23 Å². The van der Waals surface area contributed by atoms with E-state index in [-0.39, 0.29) is 5.41 Å². The van der Waals surface area contributed by atoms with Crippen LogP contribution in [0.4, 0.5) is 0 Å². The summed E-state index contributed by atoms with van der Waals surface area (Å²) in [4.78, 5) is 0. The molecule has 0 fully saturated rings. The Labute approximate surface area is 135 Å². The van der Waals surface area contributed by atoms with Crippen LogP contribution >= 0.6 is 0 Å². The van der Waals surface area contributed by atoms with Gasteiger partial charge in [-0.1, -0.05) is 82.3 Å². The van der Waals surface area contributed by atoms with Gasteiger partial charge in [-0.2, -0.15) is 0 Å². The third kappa shape index (κ3) is 4.99. The minimum Gasteiger partial charge on any atom is -0.380 e. The quantitative estimate of drug-likeness (QED) is 0.653. The highest BCUT2D eigenvalue weighted by molar-refractivity contribution is 5.29. The lowest BCUT2D eigenvalue weighted by atomic mass is 9.86. The summed E-state index contributed by atoms with van der Waals surface area (Å²) in [6.45, 7) is 10.5. The molecule has 0 aromatic heterocycles. The molecule has 2 aromatic rings. The summed E-state index contributed by atoms with van der Waals surface area (Å²) in [6.07, 6.45) is 0.983. The van der Waals surface area contributed by atoms with Gasteiger partial charge in [-0.25, -0.2) is 0 Å². The van der Waals surface area contributed by atoms with E-state index in [4.69, 9.17) is 4.74 Å². The van der Waals surface area contributed by atoms with E-state index < -0.39 is 0 Å². The van der Waals surface area contributed by atoms with Gasteiger partial charge in [0.05, 0.1) is 13.2 Å². The molecule has 0 heterocycles. The van der Waals surface area contributed by atoms with E-state index in [2.05, 4.69) is 76.2 Å². The lowest BCUT2D eigenvalue weighted by Gasteiger charge is -2.20. The molecule has 0 saturated carbocycles. The summed E-state index contributed by atoms with van der Waals surface area (Å²) in [6, 6.07) is 19.5. The number of rotatable bonds is 6. The second kappa shape index (κ2) is 7.60. The zero-order valence-electron chi connectivity index (χ0n) is 14.3. The Bertz CT molecular complexity index is 549. The van der Waals surface area contributed by atoms with Gasteiger partial charge in [0.1, 0.15) is 0 Å². The van der Waals surface area contributed by atoms with E-state index in [1.54, 1.807) is 0 Å². The van der Waals surface area contributed by atoms with Gasteiger partial charge in [0.15, 0.2) is 0 Å². The monoisotopic (exact) mass is 296 g/mol. The van der Waals surface area contributed by atoms with Crippen molar-refractivity contribution in [1.29, 1.82) is 0 Å². The fraction of sp³-hybridized carbons (Fsp3) is 0.429. The Morgan fingerprint density at radius 1 is 0.909 bits per heavy atom. The average molecular weight is 296 g/mol. The second-order valence-corrected chi connectivity index (χ2v) is 7.08. The first-order chi connectivity index (χ1) is 10.5. The molecular formula is C21H28O. The van der Waals surface area contributed by atoms with E-state index in [1.807, 2.05) is 6.07 Å². The molecule has 0 amide bonds. The summed E-state index contributed by atoms with van der Waals surface area (Å²) in [7, 11) is 0. The molecule has 0 saturated heterocycles. The Kier molecular flexibility index (Phi) is 5.79. The average Bonchev–Trinajstić information content (AvgIpc) is 2.52. The van der Waals surface area contributed by atoms with Gasteiger partial charge < -0.3 is 4.74 Å². The van der Waals surface area contributed by atoms with Gasteiger partial charge in [-0.15, -0.1) is 0 Å². The second-order valence-electron chi connectivity index (χ2n) is 7.08. The zero-order valence-corrected chi connectivity index (χ0v) is 14.3. The number of ether oxygens (including phenoxy) is 1. The van der Waals surface area contributed by atoms with Crippen LogP contribution in [0, 0.1) is 0 Å². The minimum absolute atomic E-state index is 0.216. The first-order valence-electron chi connectivity index (χ1n) is 8.19. The maximum atomic E-state index is 5.85. The molecule has 0 spiro atoms. The molecule has 2 aromatic carbocycles. The molecule has 1 unspecified atom stereocenters. The Morgan fingerprint density at radius 2 is 1.55 bits per heavy atom. The summed E-state index contributed by atoms with van der Waals surface area (Å²) in [5, 5.41) is 0. The summed E-state index contributed by atoms with van der Waals surface area (Å²) >= 11 is 0. The van der Waals surface area contributed by atoms with Gasteiger partial charge in [0.25, 0.3) is 0 Å². The van der Waals surface area contributed by atoms with Crippen LogP contribution in [0.5, 0.6) is 0 Å². The fourth-order valence-corrected chi connectivity index (χ4v) is 2.50. The maximum absolute atomic E-state index is 5.85. The molecule has 0 aliphatic carbocycles. The Hall–Kier alpha value is -1.60. The molecule has 0 bridgehead atoms. The molecular weight excluding hydrogens is 268 g/mol. The number of benzene rings is 2. The van der Waals surface area contributed by atoms with Crippen molar-refractivity contribution in [3.05, 3.63) is 71.3 Å². The molecule has 118 valence electrons. The molecule has 22 heavy (non-hydrogen) atoms. The molecule has 0 aliphatic heterocycles. The molecule has 0 aliphatic rings. The number of hydrogen-bond acceptors (Lipinski definition) is 1. The Morgan fingerprint density at radius 3 is 2.14 bits per heavy atom. The summed E-state index contributed by atoms with van der Waals surface area (Å²) in [5.41, 5.74) is 4.29. The lowest BCUT2D eigenvalue weighted by Crippen LogP contribution is -2.11. The maximum Gasteiger partial charge on any atom is 0.0532 e. The molecule has 2 rings (SSSR count). The molecule has 1 atom stereocenters. The van der Waals surface area contributed by atoms with Crippen molar-refractivity contribution in [1.82, 2.24) is 0 Å². The van der Waals surface area contributed by atoms with Crippen LogP contribution in [-0.2, 0) is 16.6 Å². The summed E-state index contributed by atoms with van der Waals surface area (Å²) in [5.74, 6) is 0.435. The van der Waals surface area contributed by atoms with Crippen molar-refractivity contribution in [2.24, 2.45) is 0 Å². The zero-order chi connectivity index (χ0) is 16.0. The van der Waals surface area contributed by atoms with E-state index in [9.17, 15) is 0 Å². The highest BCUT2D eigenvalue weighted by Gasteiger charge is 2.14. The van der Waals surface area contributed by atoms with Crippen molar-refractivity contribution in [2.45, 2.75) is 45.4 Å². The third-order valence-electron chi connectivity index (χ3n) is 4.09. The van der Waals surface area contributed by atoms with E-state index in [0.29, 0.717) is 5.92 Å². The van der Waals surface area contributed by atoms with Crippen LogP contribution in [0.1, 0.15) is 50.3 Å². The van der Waals surface area contributed by atoms with E-state index >= 15 is 0 Å². The van der Waals surface area contributed by atoms with Gasteiger partial charge in [0.2, 0.25) is 0 Å². The SMILES string of the molecule is CC(COCCc1ccccc1)c1ccc(C(C)(C)C)cc1. The largest absolute Gasteiger partial charge is 0.380 e. The molecule has 1 heteroatoms. The van der Waals surface area contributed by atoms with Crippen LogP contribution in [0.2, 0.25) is 0 Å². The molecule has 1 nitrogen and oxygen atoms in total. The van der Waals surface area contributed by atoms with Gasteiger partial charge in [-0.05, 0) is 28.5 Å². The van der Waals surface area contributed by atoms with Crippen molar-refractivity contribution in [2.75, 3.05) is 13.2 Å². The van der Waals surface area contributed by atoms with Gasteiger partial charge >= 0.3 is 0 Å². The van der Waals surface area contributed by atoms with Crippen molar-refractivity contribution in [3.63, 3.8) is 0 Å².